The smallest absolute Gasteiger partial charge is 0.238 e. The van der Waals surface area contributed by atoms with Gasteiger partial charge < -0.3 is 15.4 Å². The van der Waals surface area contributed by atoms with Crippen molar-refractivity contribution in [1.82, 2.24) is 25.1 Å². The Morgan fingerprint density at radius 1 is 1.19 bits per heavy atom. The zero-order valence-corrected chi connectivity index (χ0v) is 17.8. The van der Waals surface area contributed by atoms with Gasteiger partial charge in [-0.2, -0.15) is 5.10 Å². The number of hydrogen-bond donors (Lipinski definition) is 2. The van der Waals surface area contributed by atoms with Crippen molar-refractivity contribution in [3.8, 4) is 11.6 Å². The standard InChI is InChI=1S/C24H24N6O2/c1-32-23-10-9-20-24(28-23)21(11-12-25-20)30-15-16-13-18(7-8-19(16)29-30)26-14-22(31)27-17-5-3-2-4-6-17/h2-6,9-12,15,18,26H,7-8,13-14H2,1H3,(H,27,31). The summed E-state index contributed by atoms with van der Waals surface area (Å²) in [5.74, 6) is 0.502. The maximum atomic E-state index is 12.3. The van der Waals surface area contributed by atoms with Crippen LogP contribution in [0.15, 0.2) is 60.9 Å². The van der Waals surface area contributed by atoms with E-state index in [-0.39, 0.29) is 18.5 Å². The Morgan fingerprint density at radius 3 is 2.91 bits per heavy atom. The van der Waals surface area contributed by atoms with Crippen LogP contribution in [0.4, 0.5) is 5.69 Å². The van der Waals surface area contributed by atoms with Gasteiger partial charge in [-0.25, -0.2) is 9.67 Å². The third-order valence-electron chi connectivity index (χ3n) is 5.67. The second kappa shape index (κ2) is 8.76. The molecule has 1 unspecified atom stereocenters. The lowest BCUT2D eigenvalue weighted by Crippen LogP contribution is -2.39. The molecule has 8 heteroatoms. The first-order valence-corrected chi connectivity index (χ1v) is 10.7. The van der Waals surface area contributed by atoms with Crippen molar-refractivity contribution >= 4 is 22.6 Å². The highest BCUT2D eigenvalue weighted by molar-refractivity contribution is 5.92. The Labute approximate surface area is 185 Å². The molecule has 1 aliphatic rings. The highest BCUT2D eigenvalue weighted by Gasteiger charge is 2.23. The summed E-state index contributed by atoms with van der Waals surface area (Å²) in [6, 6.07) is 15.3. The van der Waals surface area contributed by atoms with Gasteiger partial charge in [-0.1, -0.05) is 18.2 Å². The fraction of sp³-hybridized carbons (Fsp3) is 0.250. The van der Waals surface area contributed by atoms with Crippen LogP contribution in [0.5, 0.6) is 5.88 Å². The molecule has 0 aliphatic heterocycles. The highest BCUT2D eigenvalue weighted by Crippen LogP contribution is 2.25. The third kappa shape index (κ3) is 4.17. The number of methoxy groups -OCH3 is 1. The van der Waals surface area contributed by atoms with Crippen molar-refractivity contribution in [3.63, 3.8) is 0 Å². The molecule has 0 saturated carbocycles. The molecule has 8 nitrogen and oxygen atoms in total. The molecular formula is C24H24N6O2. The average Bonchev–Trinajstić information content (AvgIpc) is 3.26. The molecule has 0 radical (unpaired) electrons. The highest BCUT2D eigenvalue weighted by atomic mass is 16.5. The van der Waals surface area contributed by atoms with Crippen LogP contribution >= 0.6 is 0 Å². The summed E-state index contributed by atoms with van der Waals surface area (Å²) in [5.41, 5.74) is 5.49. The zero-order valence-electron chi connectivity index (χ0n) is 17.8. The average molecular weight is 428 g/mol. The Kier molecular flexibility index (Phi) is 5.51. The molecule has 1 amide bonds. The predicted molar refractivity (Wildman–Crippen MR) is 122 cm³/mol. The molecule has 3 aromatic heterocycles. The van der Waals surface area contributed by atoms with Crippen molar-refractivity contribution in [3.05, 3.63) is 72.2 Å². The summed E-state index contributed by atoms with van der Waals surface area (Å²) in [5, 5.41) is 11.1. The number of anilines is 1. The largest absolute Gasteiger partial charge is 0.481 e. The van der Waals surface area contributed by atoms with E-state index >= 15 is 0 Å². The van der Waals surface area contributed by atoms with Gasteiger partial charge in [0.05, 0.1) is 30.6 Å². The molecular weight excluding hydrogens is 404 g/mol. The van der Waals surface area contributed by atoms with Gasteiger partial charge in [-0.05, 0) is 49.1 Å². The van der Waals surface area contributed by atoms with Crippen LogP contribution in [0, 0.1) is 0 Å². The lowest BCUT2D eigenvalue weighted by atomic mass is 9.93. The Hall–Kier alpha value is -3.78. The van der Waals surface area contributed by atoms with E-state index in [9.17, 15) is 4.79 Å². The predicted octanol–water partition coefficient (Wildman–Crippen LogP) is 2.91. The van der Waals surface area contributed by atoms with Gasteiger partial charge in [-0.3, -0.25) is 9.78 Å². The maximum Gasteiger partial charge on any atom is 0.238 e. The van der Waals surface area contributed by atoms with Gasteiger partial charge in [0, 0.05) is 30.2 Å². The van der Waals surface area contributed by atoms with Gasteiger partial charge in [0.15, 0.2) is 0 Å². The van der Waals surface area contributed by atoms with Crippen molar-refractivity contribution in [2.24, 2.45) is 0 Å². The maximum absolute atomic E-state index is 12.3. The number of carbonyl (C=O) groups excluding carboxylic acids is 1. The number of nitrogens with one attached hydrogen (secondary N) is 2. The Bertz CT molecular complexity index is 1250. The molecule has 4 aromatic rings. The second-order valence-electron chi connectivity index (χ2n) is 7.83. The van der Waals surface area contributed by atoms with Crippen molar-refractivity contribution in [1.29, 1.82) is 0 Å². The number of aromatic nitrogens is 4. The Balaban J connectivity index is 1.29. The quantitative estimate of drug-likeness (QED) is 0.491. The second-order valence-corrected chi connectivity index (χ2v) is 7.83. The zero-order chi connectivity index (χ0) is 21.9. The number of hydrogen-bond acceptors (Lipinski definition) is 6. The van der Waals surface area contributed by atoms with E-state index in [0.717, 1.165) is 47.4 Å². The minimum absolute atomic E-state index is 0.0408. The molecule has 162 valence electrons. The molecule has 1 atom stereocenters. The van der Waals surface area contributed by atoms with E-state index in [2.05, 4.69) is 26.8 Å². The fourth-order valence-electron chi connectivity index (χ4n) is 4.06. The summed E-state index contributed by atoms with van der Waals surface area (Å²) in [6.45, 7) is 0.280. The summed E-state index contributed by atoms with van der Waals surface area (Å²) in [4.78, 5) is 21.2. The molecule has 32 heavy (non-hydrogen) atoms. The van der Waals surface area contributed by atoms with Crippen LogP contribution in [0.3, 0.4) is 0 Å². The number of fused-ring (bicyclic) bond motifs is 2. The van der Waals surface area contributed by atoms with Gasteiger partial charge in [0.2, 0.25) is 11.8 Å². The van der Waals surface area contributed by atoms with Gasteiger partial charge >= 0.3 is 0 Å². The van der Waals surface area contributed by atoms with E-state index in [1.54, 1.807) is 19.4 Å². The number of ether oxygens (including phenoxy) is 1. The first kappa shape index (κ1) is 20.1. The molecule has 1 aliphatic carbocycles. The van der Waals surface area contributed by atoms with Crippen LogP contribution in [0.1, 0.15) is 17.7 Å². The van der Waals surface area contributed by atoms with Crippen LogP contribution in [0.25, 0.3) is 16.7 Å². The van der Waals surface area contributed by atoms with Crippen LogP contribution in [-0.2, 0) is 17.6 Å². The lowest BCUT2D eigenvalue weighted by Gasteiger charge is -2.22. The number of nitrogens with zero attached hydrogens (tertiary/aromatic N) is 4. The first-order chi connectivity index (χ1) is 15.7. The van der Waals surface area contributed by atoms with Crippen LogP contribution in [0.2, 0.25) is 0 Å². The summed E-state index contributed by atoms with van der Waals surface area (Å²) < 4.78 is 7.16. The number of amides is 1. The minimum Gasteiger partial charge on any atom is -0.481 e. The van der Waals surface area contributed by atoms with Gasteiger partial charge in [-0.15, -0.1) is 0 Å². The summed E-state index contributed by atoms with van der Waals surface area (Å²) >= 11 is 0. The number of carbonyl (C=O) groups is 1. The molecule has 3 heterocycles. The van der Waals surface area contributed by atoms with Crippen molar-refractivity contribution in [2.75, 3.05) is 19.0 Å². The van der Waals surface area contributed by atoms with E-state index in [1.165, 1.54) is 5.56 Å². The Morgan fingerprint density at radius 2 is 2.06 bits per heavy atom. The van der Waals surface area contributed by atoms with Crippen LogP contribution < -0.4 is 15.4 Å². The topological polar surface area (TPSA) is 94.0 Å². The number of rotatable bonds is 6. The number of benzene rings is 1. The van der Waals surface area contributed by atoms with Crippen LogP contribution in [-0.4, -0.2) is 45.4 Å². The van der Waals surface area contributed by atoms with Crippen molar-refractivity contribution < 1.29 is 9.53 Å². The van der Waals surface area contributed by atoms with E-state index in [4.69, 9.17) is 9.84 Å². The molecule has 0 fully saturated rings. The monoisotopic (exact) mass is 428 g/mol. The molecule has 1 aromatic carbocycles. The molecule has 0 spiro atoms. The number of pyridine rings is 2. The van der Waals surface area contributed by atoms with E-state index in [0.29, 0.717) is 5.88 Å². The van der Waals surface area contributed by atoms with Gasteiger partial charge in [0.1, 0.15) is 5.52 Å². The first-order valence-electron chi connectivity index (χ1n) is 10.7. The van der Waals surface area contributed by atoms with Gasteiger partial charge in [0.25, 0.3) is 0 Å². The number of aryl methyl sites for hydroxylation is 1. The third-order valence-corrected chi connectivity index (χ3v) is 5.67. The molecule has 0 saturated heterocycles. The molecule has 0 bridgehead atoms. The summed E-state index contributed by atoms with van der Waals surface area (Å²) in [6.07, 6.45) is 6.45. The van der Waals surface area contributed by atoms with Crippen molar-refractivity contribution in [2.45, 2.75) is 25.3 Å². The lowest BCUT2D eigenvalue weighted by molar-refractivity contribution is -0.115. The number of para-hydroxylation sites is 1. The van der Waals surface area contributed by atoms with E-state index in [1.807, 2.05) is 47.1 Å². The normalized spacial score (nSPS) is 15.3. The summed E-state index contributed by atoms with van der Waals surface area (Å²) in [7, 11) is 1.60. The minimum atomic E-state index is -0.0408. The SMILES string of the molecule is COc1ccc2nccc(-n3cc4c(n3)CCC(NCC(=O)Nc3ccccc3)C4)c2n1. The van der Waals surface area contributed by atoms with E-state index < -0.39 is 0 Å². The fourth-order valence-corrected chi connectivity index (χ4v) is 4.06. The molecule has 2 N–H and O–H groups in total. The molecule has 5 rings (SSSR count).